The Labute approximate surface area is 407 Å². The quantitative estimate of drug-likeness (QED) is 0.0222. The van der Waals surface area contributed by atoms with Gasteiger partial charge in [0, 0.05) is 62.4 Å². The van der Waals surface area contributed by atoms with Gasteiger partial charge >= 0.3 is 6.09 Å². The second-order valence-corrected chi connectivity index (χ2v) is 17.8. The average molecular weight is 957 g/mol. The van der Waals surface area contributed by atoms with Crippen LogP contribution in [0.4, 0.5) is 10.5 Å². The Bertz CT molecular complexity index is 2580. The summed E-state index contributed by atoms with van der Waals surface area (Å²) in [4.78, 5) is 47.2. The van der Waals surface area contributed by atoms with Gasteiger partial charge in [-0.2, -0.15) is 0 Å². The molecule has 4 aromatic carbocycles. The van der Waals surface area contributed by atoms with Gasteiger partial charge in [0.25, 0.3) is 5.69 Å². The molecule has 0 aromatic heterocycles. The van der Waals surface area contributed by atoms with Gasteiger partial charge in [0.2, 0.25) is 18.5 Å². The van der Waals surface area contributed by atoms with Gasteiger partial charge in [-0.25, -0.2) is 4.79 Å². The van der Waals surface area contributed by atoms with Crippen molar-refractivity contribution >= 4 is 29.5 Å². The Morgan fingerprint density at radius 2 is 1.70 bits per heavy atom. The summed E-state index contributed by atoms with van der Waals surface area (Å²) in [5.74, 6) is -1.24. The largest absolute Gasteiger partial charge is 0.459 e. The molecular weight excluding hydrogens is 897 g/mol. The van der Waals surface area contributed by atoms with Crippen LogP contribution in [0.15, 0.2) is 127 Å². The molecule has 0 saturated heterocycles. The smallest absolute Gasteiger partial charge is 0.412 e. The minimum Gasteiger partial charge on any atom is -0.459 e. The number of oxime groups is 1. The minimum absolute atomic E-state index is 0.0235. The van der Waals surface area contributed by atoms with Crippen molar-refractivity contribution in [3.05, 3.63) is 154 Å². The Hall–Kier alpha value is -7.01. The van der Waals surface area contributed by atoms with E-state index in [1.54, 1.807) is 41.3 Å². The van der Waals surface area contributed by atoms with Gasteiger partial charge in [-0.15, -0.1) is 6.58 Å². The number of ether oxygens (including phenoxy) is 5. The van der Waals surface area contributed by atoms with Crippen molar-refractivity contribution in [2.45, 2.75) is 82.8 Å². The van der Waals surface area contributed by atoms with Crippen LogP contribution in [0.3, 0.4) is 0 Å². The van der Waals surface area contributed by atoms with Crippen molar-refractivity contribution in [1.82, 2.24) is 10.2 Å². The summed E-state index contributed by atoms with van der Waals surface area (Å²) in [5, 5.41) is 39.2. The lowest BCUT2D eigenvalue weighted by Crippen LogP contribution is -2.70. The second-order valence-electron chi connectivity index (χ2n) is 17.8. The molecule has 16 nitrogen and oxygen atoms in total. The molecule has 16 heteroatoms. The number of aliphatic hydroxyl groups is 2. The lowest BCUT2D eigenvalue weighted by molar-refractivity contribution is -0.384. The number of nitrogens with one attached hydrogen (secondary N) is 1. The second kappa shape index (κ2) is 23.1. The molecule has 4 aromatic rings. The predicted molar refractivity (Wildman–Crippen MR) is 261 cm³/mol. The number of benzene rings is 4. The monoisotopic (exact) mass is 956 g/mol. The molecule has 4 aliphatic rings. The zero-order valence-corrected chi connectivity index (χ0v) is 39.3. The molecule has 2 amide bonds. The van der Waals surface area contributed by atoms with Gasteiger partial charge in [0.05, 0.1) is 23.2 Å². The molecule has 2 aliphatic carbocycles. The molecule has 6 unspecified atom stereocenters. The minimum atomic E-state index is -1.60. The number of non-ortho nitro benzene ring substituents is 1. The van der Waals surface area contributed by atoms with E-state index in [0.717, 1.165) is 35.1 Å². The highest BCUT2D eigenvalue weighted by atomic mass is 16.7. The molecule has 3 N–H and O–H groups in total. The zero-order valence-electron chi connectivity index (χ0n) is 39.3. The fraction of sp³-hybridized carbons (Fsp3) is 0.389. The molecule has 6 atom stereocenters. The van der Waals surface area contributed by atoms with E-state index < -0.39 is 34.7 Å². The van der Waals surface area contributed by atoms with Crippen molar-refractivity contribution in [2.75, 3.05) is 33.2 Å². The molecular formula is C54H60N4O12. The summed E-state index contributed by atoms with van der Waals surface area (Å²) in [6.07, 6.45) is 10.6. The maximum Gasteiger partial charge on any atom is 0.412 e. The number of carbonyl (C=O) groups excluding carboxylic acids is 2. The van der Waals surface area contributed by atoms with E-state index in [2.05, 4.69) is 18.0 Å². The van der Waals surface area contributed by atoms with Gasteiger partial charge in [0.15, 0.2) is 11.5 Å². The van der Waals surface area contributed by atoms with E-state index in [1.807, 2.05) is 61.5 Å². The van der Waals surface area contributed by atoms with Crippen molar-refractivity contribution in [1.29, 1.82) is 0 Å². The van der Waals surface area contributed by atoms with Crippen molar-refractivity contribution in [3.63, 3.8) is 0 Å². The Kier molecular flexibility index (Phi) is 16.3. The van der Waals surface area contributed by atoms with Crippen LogP contribution in [0.25, 0.3) is 6.08 Å². The number of nitro benzene ring substituents is 1. The summed E-state index contributed by atoms with van der Waals surface area (Å²) < 4.78 is 31.8. The van der Waals surface area contributed by atoms with Gasteiger partial charge in [-0.1, -0.05) is 66.5 Å². The third-order valence-electron chi connectivity index (χ3n) is 13.4. The van der Waals surface area contributed by atoms with Crippen molar-refractivity contribution in [3.8, 4) is 23.0 Å². The molecule has 2 heterocycles. The average Bonchev–Trinajstić information content (AvgIpc) is 3.84. The standard InChI is InChI=1S/C54H60N4O12/c1-3-28-67-54-49(57(33-38-18-23-47-48(29-38)66-35-65-47)50(61)25-19-36-16-20-40(21-17-36)58(63)64)32-45(56-68-34-37-12-6-5-7-13-37)43-30-39(14-8-10-26-59)42(15-9-11-27-60)51(52(43)54)44-31-41(22-24-46(44)70-54)69-53(62)55-4-2/h3,5-7,12-13,16-25,29-31,39,42,49,51-52,59-60H,1,4,8-11,14-15,26-28,32-35H2,2H3,(H,55,62). The number of hydrogen-bond acceptors (Lipinski definition) is 13. The van der Waals surface area contributed by atoms with Crippen LogP contribution in [0.5, 0.6) is 23.0 Å². The van der Waals surface area contributed by atoms with Gasteiger partial charge in [0.1, 0.15) is 24.1 Å². The van der Waals surface area contributed by atoms with Crippen LogP contribution >= 0.6 is 0 Å². The molecule has 1 saturated carbocycles. The van der Waals surface area contributed by atoms with E-state index in [1.165, 1.54) is 18.2 Å². The highest BCUT2D eigenvalue weighted by Crippen LogP contribution is 2.62. The van der Waals surface area contributed by atoms with Crippen LogP contribution in [-0.2, 0) is 27.5 Å². The SMILES string of the molecule is C=CCOC12Oc3ccc(OC(=O)NCC)cc3C3C(CCCCO)C(CCCCO)C=C(C(=NOCc4ccccc4)CC1N(Cc1ccc4c(c1)OCO4)C(=O)C=Cc1ccc([N+](=O)[O-])cc1)C32. The molecule has 0 radical (unpaired) electrons. The molecule has 0 bridgehead atoms. The van der Waals surface area contributed by atoms with E-state index >= 15 is 4.79 Å². The van der Waals surface area contributed by atoms with Gasteiger partial charge in [-0.05, 0) is 115 Å². The Balaban J connectivity index is 1.34. The summed E-state index contributed by atoms with van der Waals surface area (Å²) in [7, 11) is 0. The summed E-state index contributed by atoms with van der Waals surface area (Å²) >= 11 is 0. The van der Waals surface area contributed by atoms with Crippen molar-refractivity contribution in [2.24, 2.45) is 22.9 Å². The van der Waals surface area contributed by atoms with Gasteiger partial charge < -0.3 is 49.0 Å². The molecule has 368 valence electrons. The summed E-state index contributed by atoms with van der Waals surface area (Å²) in [6.45, 7) is 6.63. The molecule has 70 heavy (non-hydrogen) atoms. The van der Waals surface area contributed by atoms with Crippen LogP contribution in [0.2, 0.25) is 0 Å². The molecule has 8 rings (SSSR count). The number of allylic oxidation sites excluding steroid dienone is 1. The predicted octanol–water partition coefficient (Wildman–Crippen LogP) is 9.01. The number of nitrogens with zero attached hydrogens (tertiary/aromatic N) is 3. The number of fused-ring (bicyclic) bond motifs is 3. The maximum atomic E-state index is 15.3. The third kappa shape index (κ3) is 11.0. The number of rotatable bonds is 22. The molecule has 2 aliphatic heterocycles. The van der Waals surface area contributed by atoms with E-state index in [-0.39, 0.29) is 69.6 Å². The lowest BCUT2D eigenvalue weighted by atomic mass is 9.55. The number of hydrogen-bond donors (Lipinski definition) is 3. The molecule has 1 fully saturated rings. The third-order valence-corrected chi connectivity index (χ3v) is 13.4. The Morgan fingerprint density at radius 1 is 0.943 bits per heavy atom. The lowest BCUT2D eigenvalue weighted by Gasteiger charge is -2.60. The highest BCUT2D eigenvalue weighted by Gasteiger charge is 2.65. The van der Waals surface area contributed by atoms with E-state index in [4.69, 9.17) is 33.7 Å². The van der Waals surface area contributed by atoms with Crippen LogP contribution in [-0.4, -0.2) is 82.7 Å². The number of unbranched alkanes of at least 4 members (excludes halogenated alkanes) is 2. The normalized spacial score (nSPS) is 22.3. The first kappa shape index (κ1) is 49.4. The van der Waals surface area contributed by atoms with Crippen molar-refractivity contribution < 1.29 is 53.2 Å². The summed E-state index contributed by atoms with van der Waals surface area (Å²) in [6, 6.07) is 25.6. The number of carbonyl (C=O) groups is 2. The zero-order chi connectivity index (χ0) is 49.0. The maximum absolute atomic E-state index is 15.3. The summed E-state index contributed by atoms with van der Waals surface area (Å²) in [5.41, 5.74) is 4.36. The first-order valence-electron chi connectivity index (χ1n) is 24.0. The Morgan fingerprint density at radius 3 is 2.44 bits per heavy atom. The fourth-order valence-electron chi connectivity index (χ4n) is 10.3. The van der Waals surface area contributed by atoms with Gasteiger partial charge in [-0.3, -0.25) is 14.9 Å². The van der Waals surface area contributed by atoms with Crippen LogP contribution < -0.4 is 24.3 Å². The fourth-order valence-corrected chi connectivity index (χ4v) is 10.3. The number of nitro groups is 1. The number of amides is 2. The first-order chi connectivity index (χ1) is 34.2. The molecule has 0 spiro atoms. The van der Waals surface area contributed by atoms with Crippen LogP contribution in [0, 0.1) is 27.9 Å². The van der Waals surface area contributed by atoms with Crippen LogP contribution in [0.1, 0.15) is 80.0 Å². The van der Waals surface area contributed by atoms with E-state index in [9.17, 15) is 25.1 Å². The topological polar surface area (TPSA) is 201 Å². The first-order valence-corrected chi connectivity index (χ1v) is 24.0. The van der Waals surface area contributed by atoms with E-state index in [0.29, 0.717) is 66.5 Å². The number of aliphatic hydroxyl groups excluding tert-OH is 2. The highest BCUT2D eigenvalue weighted by molar-refractivity contribution is 6.03.